The summed E-state index contributed by atoms with van der Waals surface area (Å²) in [6.45, 7) is 9.34. The Morgan fingerprint density at radius 1 is 1.08 bits per heavy atom. The Kier molecular flexibility index (Phi) is 7.01. The molecule has 0 saturated carbocycles. The van der Waals surface area contributed by atoms with E-state index in [-0.39, 0.29) is 0 Å². The standard InChI is InChI=1S/C20H24ClNO2/c1-4-11-24-20-18(21)12-16(13-19(20)23-6-3)14-22-17-9-7-15(5-2)8-10-17/h4,7-10,12-13,22H,1,5-6,11,14H2,2-3H3. The lowest BCUT2D eigenvalue weighted by molar-refractivity contribution is 0.297. The fourth-order valence-electron chi connectivity index (χ4n) is 2.33. The average molecular weight is 346 g/mol. The fraction of sp³-hybridized carbons (Fsp3) is 0.300. The Hall–Kier alpha value is -2.13. The highest BCUT2D eigenvalue weighted by atomic mass is 35.5. The molecule has 4 heteroatoms. The van der Waals surface area contributed by atoms with Gasteiger partial charge in [0, 0.05) is 12.2 Å². The molecule has 3 nitrogen and oxygen atoms in total. The van der Waals surface area contributed by atoms with Crippen LogP contribution in [0.15, 0.2) is 49.1 Å². The van der Waals surface area contributed by atoms with E-state index in [1.807, 2.05) is 19.1 Å². The fourth-order valence-corrected chi connectivity index (χ4v) is 2.62. The van der Waals surface area contributed by atoms with Crippen molar-refractivity contribution in [2.75, 3.05) is 18.5 Å². The molecule has 1 N–H and O–H groups in total. The molecule has 24 heavy (non-hydrogen) atoms. The lowest BCUT2D eigenvalue weighted by atomic mass is 10.1. The van der Waals surface area contributed by atoms with Crippen LogP contribution in [0.3, 0.4) is 0 Å². The lowest BCUT2D eigenvalue weighted by Crippen LogP contribution is -2.03. The summed E-state index contributed by atoms with van der Waals surface area (Å²) >= 11 is 6.36. The van der Waals surface area contributed by atoms with E-state index in [9.17, 15) is 0 Å². The number of benzene rings is 2. The number of aryl methyl sites for hydroxylation is 1. The third kappa shape index (κ3) is 4.93. The summed E-state index contributed by atoms with van der Waals surface area (Å²) in [5, 5.41) is 3.94. The van der Waals surface area contributed by atoms with Gasteiger partial charge in [-0.15, -0.1) is 0 Å². The molecule has 0 aliphatic rings. The van der Waals surface area contributed by atoms with Crippen molar-refractivity contribution in [3.05, 3.63) is 65.2 Å². The Bertz CT molecular complexity index is 668. The van der Waals surface area contributed by atoms with Crippen LogP contribution in [-0.2, 0) is 13.0 Å². The molecule has 0 spiro atoms. The molecule has 2 aromatic carbocycles. The molecule has 2 rings (SSSR count). The first-order valence-electron chi connectivity index (χ1n) is 8.19. The van der Waals surface area contributed by atoms with Gasteiger partial charge >= 0.3 is 0 Å². The third-order valence-corrected chi connectivity index (χ3v) is 3.85. The van der Waals surface area contributed by atoms with E-state index in [0.29, 0.717) is 36.3 Å². The van der Waals surface area contributed by atoms with Crippen LogP contribution in [0.1, 0.15) is 25.0 Å². The van der Waals surface area contributed by atoms with Crippen LogP contribution in [0.25, 0.3) is 0 Å². The van der Waals surface area contributed by atoms with Gasteiger partial charge in [-0.3, -0.25) is 0 Å². The molecule has 0 radical (unpaired) electrons. The number of hydrogen-bond acceptors (Lipinski definition) is 3. The van der Waals surface area contributed by atoms with Crippen LogP contribution in [0.4, 0.5) is 5.69 Å². The maximum atomic E-state index is 6.36. The van der Waals surface area contributed by atoms with Gasteiger partial charge in [-0.2, -0.15) is 0 Å². The van der Waals surface area contributed by atoms with Crippen molar-refractivity contribution in [2.45, 2.75) is 26.8 Å². The minimum atomic E-state index is 0.390. The molecule has 0 amide bonds. The van der Waals surface area contributed by atoms with Gasteiger partial charge in [0.15, 0.2) is 11.5 Å². The smallest absolute Gasteiger partial charge is 0.180 e. The number of ether oxygens (including phenoxy) is 2. The van der Waals surface area contributed by atoms with Gasteiger partial charge in [0.05, 0.1) is 11.6 Å². The average Bonchev–Trinajstić information content (AvgIpc) is 2.60. The van der Waals surface area contributed by atoms with Gasteiger partial charge < -0.3 is 14.8 Å². The zero-order valence-corrected chi connectivity index (χ0v) is 15.0. The van der Waals surface area contributed by atoms with Crippen molar-refractivity contribution in [1.82, 2.24) is 0 Å². The zero-order chi connectivity index (χ0) is 17.4. The topological polar surface area (TPSA) is 30.5 Å². The molecule has 0 saturated heterocycles. The summed E-state index contributed by atoms with van der Waals surface area (Å²) in [7, 11) is 0. The van der Waals surface area contributed by atoms with Crippen LogP contribution in [0, 0.1) is 0 Å². The number of hydrogen-bond donors (Lipinski definition) is 1. The first kappa shape index (κ1) is 18.2. The second-order valence-corrected chi connectivity index (χ2v) is 5.75. The van der Waals surface area contributed by atoms with Crippen LogP contribution in [0.5, 0.6) is 11.5 Å². The van der Waals surface area contributed by atoms with Gasteiger partial charge in [-0.05, 0) is 48.7 Å². The predicted octanol–water partition coefficient (Wildman–Crippen LogP) is 5.48. The summed E-state index contributed by atoms with van der Waals surface area (Å²) < 4.78 is 11.3. The summed E-state index contributed by atoms with van der Waals surface area (Å²) in [6.07, 6.45) is 2.72. The molecule has 0 atom stereocenters. The third-order valence-electron chi connectivity index (χ3n) is 3.57. The first-order chi connectivity index (χ1) is 11.7. The van der Waals surface area contributed by atoms with Gasteiger partial charge in [0.2, 0.25) is 0 Å². The van der Waals surface area contributed by atoms with E-state index >= 15 is 0 Å². The summed E-state index contributed by atoms with van der Waals surface area (Å²) in [5.41, 5.74) is 3.44. The summed E-state index contributed by atoms with van der Waals surface area (Å²) in [4.78, 5) is 0. The van der Waals surface area contributed by atoms with E-state index in [0.717, 1.165) is 17.7 Å². The lowest BCUT2D eigenvalue weighted by Gasteiger charge is -2.15. The SMILES string of the molecule is C=CCOc1c(Cl)cc(CNc2ccc(CC)cc2)cc1OCC. The number of halogens is 1. The maximum absolute atomic E-state index is 6.36. The van der Waals surface area contributed by atoms with Crippen molar-refractivity contribution < 1.29 is 9.47 Å². The molecule has 0 aliphatic carbocycles. The van der Waals surface area contributed by atoms with Crippen LogP contribution < -0.4 is 14.8 Å². The Morgan fingerprint density at radius 3 is 2.46 bits per heavy atom. The molecule has 128 valence electrons. The van der Waals surface area contributed by atoms with E-state index in [4.69, 9.17) is 21.1 Å². The molecule has 0 bridgehead atoms. The zero-order valence-electron chi connectivity index (χ0n) is 14.3. The molecular weight excluding hydrogens is 322 g/mol. The second-order valence-electron chi connectivity index (χ2n) is 5.34. The van der Waals surface area contributed by atoms with Crippen LogP contribution in [-0.4, -0.2) is 13.2 Å². The largest absolute Gasteiger partial charge is 0.490 e. The Balaban J connectivity index is 2.12. The van der Waals surface area contributed by atoms with Crippen LogP contribution in [0.2, 0.25) is 5.02 Å². The minimum absolute atomic E-state index is 0.390. The van der Waals surface area contributed by atoms with Gasteiger partial charge in [0.25, 0.3) is 0 Å². The molecule has 0 aliphatic heterocycles. The van der Waals surface area contributed by atoms with Crippen molar-refractivity contribution in [3.8, 4) is 11.5 Å². The molecule has 2 aromatic rings. The normalized spacial score (nSPS) is 10.3. The van der Waals surface area contributed by atoms with E-state index in [1.54, 1.807) is 6.08 Å². The molecular formula is C20H24ClNO2. The predicted molar refractivity (Wildman–Crippen MR) is 101 cm³/mol. The second kappa shape index (κ2) is 9.24. The van der Waals surface area contributed by atoms with E-state index in [2.05, 4.69) is 43.1 Å². The van der Waals surface area contributed by atoms with Crippen molar-refractivity contribution in [3.63, 3.8) is 0 Å². The number of nitrogens with one attached hydrogen (secondary N) is 1. The van der Waals surface area contributed by atoms with Gasteiger partial charge in [-0.1, -0.05) is 43.3 Å². The van der Waals surface area contributed by atoms with Gasteiger partial charge in [0.1, 0.15) is 6.61 Å². The monoisotopic (exact) mass is 345 g/mol. The Labute approximate surface area is 149 Å². The van der Waals surface area contributed by atoms with E-state index < -0.39 is 0 Å². The highest BCUT2D eigenvalue weighted by Gasteiger charge is 2.12. The van der Waals surface area contributed by atoms with Crippen molar-refractivity contribution in [1.29, 1.82) is 0 Å². The quantitative estimate of drug-likeness (QED) is 0.610. The minimum Gasteiger partial charge on any atom is -0.490 e. The molecule has 0 heterocycles. The van der Waals surface area contributed by atoms with E-state index in [1.165, 1.54) is 5.56 Å². The first-order valence-corrected chi connectivity index (χ1v) is 8.57. The highest BCUT2D eigenvalue weighted by molar-refractivity contribution is 6.32. The number of rotatable bonds is 9. The molecule has 0 aromatic heterocycles. The van der Waals surface area contributed by atoms with Crippen molar-refractivity contribution in [2.24, 2.45) is 0 Å². The van der Waals surface area contributed by atoms with Crippen molar-refractivity contribution >= 4 is 17.3 Å². The summed E-state index contributed by atoms with van der Waals surface area (Å²) in [6, 6.07) is 12.3. The molecule has 0 fully saturated rings. The maximum Gasteiger partial charge on any atom is 0.180 e. The van der Waals surface area contributed by atoms with Crippen LogP contribution >= 0.6 is 11.6 Å². The highest BCUT2D eigenvalue weighted by Crippen LogP contribution is 2.37. The Morgan fingerprint density at radius 2 is 1.83 bits per heavy atom. The van der Waals surface area contributed by atoms with Gasteiger partial charge in [-0.25, -0.2) is 0 Å². The number of anilines is 1. The summed E-state index contributed by atoms with van der Waals surface area (Å²) in [5.74, 6) is 1.22. The molecule has 0 unspecified atom stereocenters.